The minimum atomic E-state index is -1.01. The van der Waals surface area contributed by atoms with Crippen LogP contribution in [0.1, 0.15) is 83.9 Å². The maximum Gasteiger partial charge on any atom is 0.326 e. The third-order valence-electron chi connectivity index (χ3n) is 7.03. The molecule has 0 saturated heterocycles. The summed E-state index contributed by atoms with van der Waals surface area (Å²) < 4.78 is 0. The minimum absolute atomic E-state index is 0.202. The molecule has 1 unspecified atom stereocenters. The van der Waals surface area contributed by atoms with Gasteiger partial charge in [0.05, 0.1) is 11.5 Å². The molecule has 2 rings (SSSR count). The van der Waals surface area contributed by atoms with Crippen molar-refractivity contribution in [3.63, 3.8) is 0 Å². The quantitative estimate of drug-likeness (QED) is 0.288. The lowest BCUT2D eigenvalue weighted by molar-refractivity contribution is -0.142. The van der Waals surface area contributed by atoms with E-state index in [1.165, 1.54) is 5.56 Å². The molecule has 1 aromatic rings. The molecule has 0 radical (unpaired) electrons. The molecular weight excluding hydrogens is 454 g/mol. The van der Waals surface area contributed by atoms with Crippen molar-refractivity contribution in [2.24, 2.45) is 11.3 Å². The predicted octanol–water partition coefficient (Wildman–Crippen LogP) is 4.40. The van der Waals surface area contributed by atoms with E-state index >= 15 is 0 Å². The van der Waals surface area contributed by atoms with Gasteiger partial charge in [-0.05, 0) is 76.5 Å². The second kappa shape index (κ2) is 14.8. The average Bonchev–Trinajstić information content (AvgIpc) is 2.86. The number of aliphatic carboxylic acids is 1. The zero-order chi connectivity index (χ0) is 26.6. The molecule has 1 atom stereocenters. The van der Waals surface area contributed by atoms with Crippen molar-refractivity contribution in [2.45, 2.75) is 91.5 Å². The number of nitriles is 1. The molecule has 0 aromatic carbocycles. The van der Waals surface area contributed by atoms with Gasteiger partial charge in [-0.3, -0.25) is 4.79 Å². The van der Waals surface area contributed by atoms with Crippen molar-refractivity contribution in [3.05, 3.63) is 23.4 Å². The summed E-state index contributed by atoms with van der Waals surface area (Å²) in [7, 11) is 0. The Balaban J connectivity index is 1.89. The summed E-state index contributed by atoms with van der Waals surface area (Å²) in [5, 5.41) is 25.3. The minimum Gasteiger partial charge on any atom is -0.480 e. The van der Waals surface area contributed by atoms with Crippen LogP contribution in [0, 0.1) is 22.7 Å². The number of hydrogen-bond donors (Lipinski definition) is 3. The maximum absolute atomic E-state index is 12.4. The largest absolute Gasteiger partial charge is 0.480 e. The molecular formula is C28H45N5O3. The van der Waals surface area contributed by atoms with Gasteiger partial charge in [-0.25, -0.2) is 9.78 Å². The molecule has 0 spiro atoms. The van der Waals surface area contributed by atoms with Gasteiger partial charge in [-0.2, -0.15) is 5.26 Å². The van der Waals surface area contributed by atoms with E-state index in [0.717, 1.165) is 69.5 Å². The van der Waals surface area contributed by atoms with Crippen LogP contribution in [0.3, 0.4) is 0 Å². The van der Waals surface area contributed by atoms with Gasteiger partial charge in [-0.1, -0.05) is 32.8 Å². The number of fused-ring (bicyclic) bond motifs is 1. The van der Waals surface area contributed by atoms with Crippen LogP contribution < -0.4 is 10.6 Å². The van der Waals surface area contributed by atoms with Crippen LogP contribution in [0.15, 0.2) is 12.1 Å². The van der Waals surface area contributed by atoms with E-state index in [0.29, 0.717) is 25.9 Å². The topological polar surface area (TPSA) is 118 Å². The van der Waals surface area contributed by atoms with Crippen LogP contribution >= 0.6 is 0 Å². The Morgan fingerprint density at radius 2 is 2.00 bits per heavy atom. The molecule has 1 aliphatic rings. The van der Waals surface area contributed by atoms with Gasteiger partial charge in [0.2, 0.25) is 5.91 Å². The van der Waals surface area contributed by atoms with Crippen molar-refractivity contribution >= 4 is 17.7 Å². The third kappa shape index (κ3) is 10.1. The zero-order valence-corrected chi connectivity index (χ0v) is 22.6. The monoisotopic (exact) mass is 499 g/mol. The van der Waals surface area contributed by atoms with Gasteiger partial charge in [0.15, 0.2) is 0 Å². The maximum atomic E-state index is 12.4. The van der Waals surface area contributed by atoms with E-state index in [1.54, 1.807) is 0 Å². The smallest absolute Gasteiger partial charge is 0.326 e. The van der Waals surface area contributed by atoms with E-state index < -0.39 is 17.4 Å². The highest BCUT2D eigenvalue weighted by atomic mass is 16.4. The fourth-order valence-corrected chi connectivity index (χ4v) is 4.68. The highest BCUT2D eigenvalue weighted by molar-refractivity contribution is 5.83. The number of rotatable bonds is 16. The number of unbranched alkanes of at least 4 members (excludes halogenated alkanes) is 1. The first kappa shape index (κ1) is 29.6. The van der Waals surface area contributed by atoms with Gasteiger partial charge >= 0.3 is 5.97 Å². The Bertz CT molecular complexity index is 892. The normalized spacial score (nSPS) is 14.1. The Labute approximate surface area is 216 Å². The summed E-state index contributed by atoms with van der Waals surface area (Å²) in [5.41, 5.74) is 1.83. The number of nitrogens with one attached hydrogen (secondary N) is 2. The number of carbonyl (C=O) groups excluding carboxylic acids is 1. The molecule has 2 heterocycles. The zero-order valence-electron chi connectivity index (χ0n) is 22.6. The SMILES string of the molecule is CCC(CC)CC(=O)NC(CCN(CCCCc1ccc2c(n1)NCCC2)CC(C)(C)C#N)C(=O)O. The lowest BCUT2D eigenvalue weighted by atomic mass is 9.94. The first-order chi connectivity index (χ1) is 17.2. The molecule has 1 aliphatic heterocycles. The first-order valence-electron chi connectivity index (χ1n) is 13.6. The molecule has 200 valence electrons. The predicted molar refractivity (Wildman–Crippen MR) is 143 cm³/mol. The lowest BCUT2D eigenvalue weighted by Gasteiger charge is -2.29. The number of carboxylic acid groups (broad SMARTS) is 1. The van der Waals surface area contributed by atoms with Crippen LogP contribution in [-0.4, -0.2) is 59.1 Å². The number of amides is 1. The van der Waals surface area contributed by atoms with E-state index in [9.17, 15) is 20.0 Å². The van der Waals surface area contributed by atoms with Crippen molar-refractivity contribution in [1.29, 1.82) is 5.26 Å². The third-order valence-corrected chi connectivity index (χ3v) is 7.03. The summed E-state index contributed by atoms with van der Waals surface area (Å²) in [4.78, 5) is 31.2. The highest BCUT2D eigenvalue weighted by Gasteiger charge is 2.25. The van der Waals surface area contributed by atoms with E-state index in [-0.39, 0.29) is 11.8 Å². The molecule has 8 heteroatoms. The van der Waals surface area contributed by atoms with Gasteiger partial charge in [0.1, 0.15) is 11.9 Å². The number of aromatic nitrogens is 1. The number of aryl methyl sites for hydroxylation is 2. The fourth-order valence-electron chi connectivity index (χ4n) is 4.68. The Morgan fingerprint density at radius 1 is 1.25 bits per heavy atom. The number of anilines is 1. The number of pyridine rings is 1. The summed E-state index contributed by atoms with van der Waals surface area (Å²) >= 11 is 0. The number of carbonyl (C=O) groups is 2. The van der Waals surface area contributed by atoms with E-state index in [1.807, 2.05) is 27.7 Å². The van der Waals surface area contributed by atoms with Gasteiger partial charge < -0.3 is 20.6 Å². The van der Waals surface area contributed by atoms with E-state index in [2.05, 4.69) is 33.7 Å². The molecule has 0 fully saturated rings. The van der Waals surface area contributed by atoms with E-state index in [4.69, 9.17) is 4.98 Å². The van der Waals surface area contributed by atoms with Gasteiger partial charge in [0.25, 0.3) is 0 Å². The Kier molecular flexibility index (Phi) is 12.1. The Morgan fingerprint density at radius 3 is 2.67 bits per heavy atom. The molecule has 36 heavy (non-hydrogen) atoms. The Hall–Kier alpha value is -2.66. The summed E-state index contributed by atoms with van der Waals surface area (Å²) in [6.07, 6.45) is 7.46. The summed E-state index contributed by atoms with van der Waals surface area (Å²) in [5.74, 6) is 0.0707. The standard InChI is InChI=1S/C28H45N5O3/c1-5-21(6-2)18-25(34)32-24(27(35)36)14-17-33(20-28(3,4)19-29)16-8-7-11-23-13-12-22-10-9-15-30-26(22)31-23/h12-13,21,24H,5-11,14-18,20H2,1-4H3,(H,30,31)(H,32,34)(H,35,36). The molecule has 8 nitrogen and oxygen atoms in total. The van der Waals surface area contributed by atoms with Crippen LogP contribution in [-0.2, 0) is 22.4 Å². The number of hydrogen-bond acceptors (Lipinski definition) is 6. The first-order valence-corrected chi connectivity index (χ1v) is 13.6. The molecule has 0 saturated carbocycles. The summed E-state index contributed by atoms with van der Waals surface area (Å²) in [6, 6.07) is 5.72. The fraction of sp³-hybridized carbons (Fsp3) is 0.714. The second-order valence-electron chi connectivity index (χ2n) is 10.7. The molecule has 1 amide bonds. The second-order valence-corrected chi connectivity index (χ2v) is 10.7. The van der Waals surface area contributed by atoms with Crippen molar-refractivity contribution in [2.75, 3.05) is 31.5 Å². The molecule has 0 bridgehead atoms. The highest BCUT2D eigenvalue weighted by Crippen LogP contribution is 2.21. The molecule has 3 N–H and O–H groups in total. The molecule has 1 aromatic heterocycles. The number of carboxylic acids is 1. The summed E-state index contributed by atoms with van der Waals surface area (Å²) in [6.45, 7) is 10.7. The van der Waals surface area contributed by atoms with Crippen molar-refractivity contribution < 1.29 is 14.7 Å². The van der Waals surface area contributed by atoms with Crippen molar-refractivity contribution in [1.82, 2.24) is 15.2 Å². The average molecular weight is 500 g/mol. The van der Waals surface area contributed by atoms with Gasteiger partial charge in [-0.15, -0.1) is 0 Å². The van der Waals surface area contributed by atoms with Crippen LogP contribution in [0.5, 0.6) is 0 Å². The van der Waals surface area contributed by atoms with Crippen LogP contribution in [0.2, 0.25) is 0 Å². The van der Waals surface area contributed by atoms with Gasteiger partial charge in [0, 0.05) is 31.7 Å². The molecule has 0 aliphatic carbocycles. The number of nitrogens with zero attached hydrogens (tertiary/aromatic N) is 3. The van der Waals surface area contributed by atoms with Crippen LogP contribution in [0.25, 0.3) is 0 Å². The lowest BCUT2D eigenvalue weighted by Crippen LogP contribution is -2.44. The van der Waals surface area contributed by atoms with Crippen LogP contribution in [0.4, 0.5) is 5.82 Å². The van der Waals surface area contributed by atoms with Crippen molar-refractivity contribution in [3.8, 4) is 6.07 Å².